The minimum atomic E-state index is -4.37. The second-order valence-electron chi connectivity index (χ2n) is 10.8. The van der Waals surface area contributed by atoms with E-state index in [0.717, 1.165) is 43.5 Å². The van der Waals surface area contributed by atoms with Gasteiger partial charge in [-0.05, 0) is 60.6 Å². The number of rotatable bonds is 21. The van der Waals surface area contributed by atoms with Crippen molar-refractivity contribution in [1.82, 2.24) is 0 Å². The molecule has 2 aromatic carbocycles. The maximum absolute atomic E-state index is 12.2. The monoisotopic (exact) mass is 856 g/mol. The first kappa shape index (κ1) is 57.8. The van der Waals surface area contributed by atoms with E-state index >= 15 is 0 Å². The van der Waals surface area contributed by atoms with Gasteiger partial charge in [0.05, 0.1) is 23.0 Å². The molecule has 0 saturated heterocycles. The number of hydrogen-bond donors (Lipinski definition) is 2. The third kappa shape index (κ3) is 25.7. The summed E-state index contributed by atoms with van der Waals surface area (Å²) in [5.41, 5.74) is 0.305. The summed E-state index contributed by atoms with van der Waals surface area (Å²) in [6, 6.07) is 9.31. The summed E-state index contributed by atoms with van der Waals surface area (Å²) in [4.78, 5) is 23.8. The van der Waals surface area contributed by atoms with Gasteiger partial charge in [-0.1, -0.05) is 79.6 Å². The third-order valence-electron chi connectivity index (χ3n) is 7.19. The van der Waals surface area contributed by atoms with Gasteiger partial charge < -0.3 is 43.8 Å². The summed E-state index contributed by atoms with van der Waals surface area (Å²) < 4.78 is 83.6. The van der Waals surface area contributed by atoms with Gasteiger partial charge in [-0.3, -0.25) is 9.11 Å². The van der Waals surface area contributed by atoms with Crippen LogP contribution in [-0.2, 0) is 29.7 Å². The van der Waals surface area contributed by atoms with Crippen molar-refractivity contribution in [2.24, 2.45) is 0 Å². The second kappa shape index (κ2) is 31.3. The van der Waals surface area contributed by atoms with Crippen molar-refractivity contribution >= 4 is 52.9 Å². The number of carbonyl (C=O) groups is 2. The summed E-state index contributed by atoms with van der Waals surface area (Å²) in [6.45, 7) is 4.49. The summed E-state index contributed by atoms with van der Waals surface area (Å²) in [6.07, 6.45) is 11.2. The molecule has 0 bridgehead atoms. The standard InChI is InChI=1S/C31H45O12PS2.3ClH.2Na/c1-3-4-5-6-7-8-9-10-11-12-25(2)44(23-21-40-30(32)42-26-13-17-28(18-14-26)45(34,35)36)24-22-41-31(33)43-27-15-19-29(20-16-27)46(37,38)39;;;;;/h13-20,25H,3-12,21-24H2,1-2H3,(H,34,35,36)(H,37,38,39);3*1H;;/q;;;;2*+1/p-2. The fourth-order valence-corrected chi connectivity index (χ4v) is 7.85. The van der Waals surface area contributed by atoms with Crippen molar-refractivity contribution in [3.63, 3.8) is 0 Å². The second-order valence-corrected chi connectivity index (χ2v) is 16.6. The zero-order valence-electron chi connectivity index (χ0n) is 29.5. The fourth-order valence-electron chi connectivity index (χ4n) is 4.59. The summed E-state index contributed by atoms with van der Waals surface area (Å²) in [7, 11) is -9.46. The van der Waals surface area contributed by atoms with Crippen LogP contribution in [0.15, 0.2) is 58.3 Å². The van der Waals surface area contributed by atoms with E-state index in [2.05, 4.69) is 13.8 Å². The van der Waals surface area contributed by atoms with Crippen LogP contribution in [0.5, 0.6) is 11.5 Å². The summed E-state index contributed by atoms with van der Waals surface area (Å²) in [5, 5.41) is 0. The van der Waals surface area contributed by atoms with Crippen molar-refractivity contribution < 1.29 is 138 Å². The zero-order valence-corrected chi connectivity index (χ0v) is 38.4. The maximum atomic E-state index is 12.2. The van der Waals surface area contributed by atoms with Crippen LogP contribution in [0.1, 0.15) is 78.1 Å². The molecule has 0 spiro atoms. The molecule has 0 aliphatic heterocycles. The minimum Gasteiger partial charge on any atom is -1.00 e. The maximum Gasteiger partial charge on any atom is 1.00 e. The van der Waals surface area contributed by atoms with Crippen molar-refractivity contribution in [2.75, 3.05) is 25.5 Å². The Morgan fingerprint density at radius 3 is 1.31 bits per heavy atom. The molecular formula is C31H46Cl3Na2O12PS2. The van der Waals surface area contributed by atoms with Gasteiger partial charge >= 0.3 is 71.4 Å². The average molecular weight is 858 g/mol. The molecule has 20 heteroatoms. The molecule has 0 fully saturated rings. The number of halogens is 3. The Labute approximate surface area is 366 Å². The topological polar surface area (TPSA) is 180 Å². The van der Waals surface area contributed by atoms with Gasteiger partial charge in [-0.2, -0.15) is 16.8 Å². The van der Waals surface area contributed by atoms with E-state index in [1.54, 1.807) is 0 Å². The molecule has 12 nitrogen and oxygen atoms in total. The van der Waals surface area contributed by atoms with E-state index in [0.29, 0.717) is 18.0 Å². The van der Waals surface area contributed by atoms with Crippen molar-refractivity contribution in [3.8, 4) is 11.5 Å². The van der Waals surface area contributed by atoms with Gasteiger partial charge in [0.1, 0.15) is 11.5 Å². The van der Waals surface area contributed by atoms with E-state index in [1.807, 2.05) is 0 Å². The molecular weight excluding hydrogens is 812 g/mol. The summed E-state index contributed by atoms with van der Waals surface area (Å²) >= 11 is 0. The Kier molecular flexibility index (Phi) is 35.5. The van der Waals surface area contributed by atoms with E-state index in [9.17, 15) is 26.4 Å². The van der Waals surface area contributed by atoms with Crippen LogP contribution in [0.4, 0.5) is 9.59 Å². The number of benzene rings is 2. The van der Waals surface area contributed by atoms with Gasteiger partial charge in [0.2, 0.25) is 0 Å². The molecule has 0 aliphatic carbocycles. The molecule has 2 aromatic rings. The van der Waals surface area contributed by atoms with Crippen LogP contribution in [0.25, 0.3) is 0 Å². The number of hydrogen-bond acceptors (Lipinski definition) is 10. The molecule has 1 atom stereocenters. The van der Waals surface area contributed by atoms with Crippen LogP contribution < -0.4 is 93.4 Å². The van der Waals surface area contributed by atoms with Crippen LogP contribution >= 0.6 is 20.3 Å². The quantitative estimate of drug-likeness (QED) is 0.0313. The van der Waals surface area contributed by atoms with E-state index < -0.39 is 40.5 Å². The molecule has 0 heterocycles. The predicted octanol–water partition coefficient (Wildman–Crippen LogP) is -3.86. The molecule has 2 N–H and O–H groups in total. The zero-order chi connectivity index (χ0) is 34.0. The third-order valence-corrected chi connectivity index (χ3v) is 11.9. The van der Waals surface area contributed by atoms with E-state index in [4.69, 9.17) is 28.1 Å². The Morgan fingerprint density at radius 1 is 0.647 bits per heavy atom. The first-order valence-electron chi connectivity index (χ1n) is 15.4. The number of unbranched alkanes of at least 4 members (excludes halogenated alkanes) is 8. The van der Waals surface area contributed by atoms with Crippen molar-refractivity contribution in [1.29, 1.82) is 0 Å². The molecule has 0 aliphatic rings. The first-order chi connectivity index (χ1) is 21.8. The number of ether oxygens (including phenoxy) is 4. The van der Waals surface area contributed by atoms with Crippen LogP contribution in [-0.4, -0.2) is 69.4 Å². The molecule has 0 radical (unpaired) electrons. The largest absolute Gasteiger partial charge is 1.00 e. The van der Waals surface area contributed by atoms with E-state index in [1.165, 1.54) is 69.2 Å². The smallest absolute Gasteiger partial charge is 1.00 e. The Hall–Kier alpha value is 0.100. The molecule has 51 heavy (non-hydrogen) atoms. The molecule has 0 amide bonds. The van der Waals surface area contributed by atoms with Crippen LogP contribution in [0.2, 0.25) is 0 Å². The average Bonchev–Trinajstić information content (AvgIpc) is 2.99. The molecule has 0 aromatic heterocycles. The first-order valence-corrected chi connectivity index (χ1v) is 20.0. The van der Waals surface area contributed by atoms with Gasteiger partial charge in [0.25, 0.3) is 20.2 Å². The molecule has 1 unspecified atom stereocenters. The van der Waals surface area contributed by atoms with Gasteiger partial charge in [0.15, 0.2) is 0 Å². The van der Waals surface area contributed by atoms with Crippen LogP contribution in [0.3, 0.4) is 0 Å². The Morgan fingerprint density at radius 2 is 0.980 bits per heavy atom. The molecule has 282 valence electrons. The Bertz CT molecular complexity index is 1350. The molecule has 2 rings (SSSR count). The van der Waals surface area contributed by atoms with Gasteiger partial charge in [-0.15, -0.1) is 12.4 Å². The van der Waals surface area contributed by atoms with Gasteiger partial charge in [0, 0.05) is 12.3 Å². The van der Waals surface area contributed by atoms with Crippen molar-refractivity contribution in [3.05, 3.63) is 48.5 Å². The normalized spacial score (nSPS) is 11.2. The SMILES string of the molecule is CCCCCCCCCCCC(C)P(CCOC(=O)Oc1ccc(S(=O)(=O)O)cc1)CCOC(=O)Oc1ccc(S(=O)(=O)O)cc1.Cl.[Cl-].[Cl-].[Na+].[Na+]. The molecule has 0 saturated carbocycles. The van der Waals surface area contributed by atoms with Crippen molar-refractivity contribution in [2.45, 2.75) is 93.5 Å². The van der Waals surface area contributed by atoms with E-state index in [-0.39, 0.29) is 131 Å². The minimum absolute atomic E-state index is 0. The Balaban J connectivity index is -0.00000221. The number of carbonyl (C=O) groups excluding carboxylic acids is 2. The fraction of sp³-hybridized carbons (Fsp3) is 0.548. The van der Waals surface area contributed by atoms with Crippen LogP contribution in [0, 0.1) is 0 Å². The van der Waals surface area contributed by atoms with Gasteiger partial charge in [-0.25, -0.2) is 9.59 Å². The predicted molar refractivity (Wildman–Crippen MR) is 182 cm³/mol. The summed E-state index contributed by atoms with van der Waals surface area (Å²) in [5.74, 6) is 0.107.